The fourth-order valence-corrected chi connectivity index (χ4v) is 4.30. The number of hydrogen-bond acceptors (Lipinski definition) is 4. The van der Waals surface area contributed by atoms with Gasteiger partial charge in [0.1, 0.15) is 11.9 Å². The predicted molar refractivity (Wildman–Crippen MR) is 147 cm³/mol. The number of hydrogen-bond donors (Lipinski definition) is 1. The Morgan fingerprint density at radius 2 is 1.63 bits per heavy atom. The normalized spacial score (nSPS) is 11.5. The third kappa shape index (κ3) is 8.07. The molecule has 3 rings (SSSR count). The topological polar surface area (TPSA) is 67.9 Å². The van der Waals surface area contributed by atoms with Crippen LogP contribution in [0, 0.1) is 5.82 Å². The zero-order valence-electron chi connectivity index (χ0n) is 22.4. The molecule has 1 atom stereocenters. The zero-order chi connectivity index (χ0) is 27.3. The van der Waals surface area contributed by atoms with E-state index >= 15 is 0 Å². The Kier molecular flexibility index (Phi) is 11.1. The minimum absolute atomic E-state index is 0.00383. The molecule has 1 N–H and O–H groups in total. The average Bonchev–Trinajstić information content (AvgIpc) is 2.94. The third-order valence-corrected chi connectivity index (χ3v) is 6.47. The van der Waals surface area contributed by atoms with E-state index in [9.17, 15) is 14.0 Å². The lowest BCUT2D eigenvalue weighted by molar-refractivity contribution is -0.141. The minimum Gasteiger partial charge on any atom is -0.493 e. The number of rotatable bonds is 14. The van der Waals surface area contributed by atoms with Crippen molar-refractivity contribution in [1.29, 1.82) is 0 Å². The predicted octanol–water partition coefficient (Wildman–Crippen LogP) is 5.33. The monoisotopic (exact) mass is 520 g/mol. The largest absolute Gasteiger partial charge is 0.493 e. The highest BCUT2D eigenvalue weighted by Crippen LogP contribution is 2.28. The van der Waals surface area contributed by atoms with Crippen LogP contribution >= 0.6 is 0 Å². The zero-order valence-corrected chi connectivity index (χ0v) is 22.4. The first-order chi connectivity index (χ1) is 18.5. The maximum Gasteiger partial charge on any atom is 0.243 e. The molecule has 38 heavy (non-hydrogen) atoms. The molecule has 0 fully saturated rings. The van der Waals surface area contributed by atoms with Crippen molar-refractivity contribution in [1.82, 2.24) is 10.2 Å². The van der Waals surface area contributed by atoms with Crippen LogP contribution in [-0.4, -0.2) is 43.5 Å². The number of benzene rings is 3. The van der Waals surface area contributed by atoms with E-state index in [-0.39, 0.29) is 24.8 Å². The summed E-state index contributed by atoms with van der Waals surface area (Å²) in [5.74, 6) is 0.316. The lowest BCUT2D eigenvalue weighted by Crippen LogP contribution is -2.50. The molecule has 0 heterocycles. The van der Waals surface area contributed by atoms with Crippen LogP contribution in [0.15, 0.2) is 72.8 Å². The van der Waals surface area contributed by atoms with Gasteiger partial charge in [-0.1, -0.05) is 67.9 Å². The average molecular weight is 521 g/mol. The number of ether oxygens (including phenoxy) is 2. The number of carbonyl (C=O) groups excluding carboxylic acids is 2. The molecule has 0 aliphatic carbocycles. The Balaban J connectivity index is 1.90. The van der Waals surface area contributed by atoms with Gasteiger partial charge < -0.3 is 19.7 Å². The summed E-state index contributed by atoms with van der Waals surface area (Å²) in [5.41, 5.74) is 2.19. The molecule has 0 unspecified atom stereocenters. The van der Waals surface area contributed by atoms with Gasteiger partial charge in [-0.2, -0.15) is 0 Å². The quantitative estimate of drug-likeness (QED) is 0.292. The Bertz CT molecular complexity index is 1190. The highest BCUT2D eigenvalue weighted by atomic mass is 19.1. The van der Waals surface area contributed by atoms with Gasteiger partial charge in [0.15, 0.2) is 11.5 Å². The number of amides is 2. The van der Waals surface area contributed by atoms with Gasteiger partial charge in [-0.05, 0) is 42.2 Å². The second-order valence-electron chi connectivity index (χ2n) is 9.15. The van der Waals surface area contributed by atoms with Crippen LogP contribution in [0.3, 0.4) is 0 Å². The molecule has 202 valence electrons. The number of nitrogens with zero attached hydrogens (tertiary/aromatic N) is 1. The van der Waals surface area contributed by atoms with E-state index in [2.05, 4.69) is 12.2 Å². The fourth-order valence-electron chi connectivity index (χ4n) is 4.30. The fraction of sp³-hybridized carbons (Fsp3) is 0.355. The van der Waals surface area contributed by atoms with Crippen LogP contribution in [0.5, 0.6) is 11.5 Å². The SMILES string of the molecule is CCCCNC(=O)[C@@H](Cc1ccccc1)N(Cc1ccccc1F)C(=O)CCc1ccc(OC)c(OC)c1. The smallest absolute Gasteiger partial charge is 0.243 e. The van der Waals surface area contributed by atoms with Crippen LogP contribution in [-0.2, 0) is 29.0 Å². The lowest BCUT2D eigenvalue weighted by Gasteiger charge is -2.32. The molecule has 0 aromatic heterocycles. The van der Waals surface area contributed by atoms with Crippen LogP contribution in [0.1, 0.15) is 42.9 Å². The molecule has 3 aromatic rings. The molecule has 0 bridgehead atoms. The molecule has 0 aliphatic rings. The number of carbonyl (C=O) groups is 2. The van der Waals surface area contributed by atoms with E-state index in [1.807, 2.05) is 42.5 Å². The third-order valence-electron chi connectivity index (χ3n) is 6.47. The molecule has 0 saturated carbocycles. The van der Waals surface area contributed by atoms with E-state index in [0.29, 0.717) is 36.4 Å². The van der Waals surface area contributed by atoms with Gasteiger partial charge in [0, 0.05) is 31.5 Å². The van der Waals surface area contributed by atoms with Gasteiger partial charge in [-0.25, -0.2) is 4.39 Å². The summed E-state index contributed by atoms with van der Waals surface area (Å²) in [6, 6.07) is 20.7. The van der Waals surface area contributed by atoms with Crippen molar-refractivity contribution in [3.05, 3.63) is 95.3 Å². The molecule has 0 saturated heterocycles. The summed E-state index contributed by atoms with van der Waals surface area (Å²) in [6.45, 7) is 2.57. The highest BCUT2D eigenvalue weighted by molar-refractivity contribution is 5.88. The highest BCUT2D eigenvalue weighted by Gasteiger charge is 2.30. The Morgan fingerprint density at radius 3 is 2.32 bits per heavy atom. The number of methoxy groups -OCH3 is 2. The van der Waals surface area contributed by atoms with E-state index < -0.39 is 11.9 Å². The van der Waals surface area contributed by atoms with Crippen LogP contribution < -0.4 is 14.8 Å². The molecule has 7 heteroatoms. The second kappa shape index (κ2) is 14.8. The minimum atomic E-state index is -0.785. The Morgan fingerprint density at radius 1 is 0.921 bits per heavy atom. The molecule has 3 aromatic carbocycles. The maximum absolute atomic E-state index is 14.7. The van der Waals surface area contributed by atoms with E-state index in [4.69, 9.17) is 9.47 Å². The van der Waals surface area contributed by atoms with Crippen molar-refractivity contribution in [2.24, 2.45) is 0 Å². The van der Waals surface area contributed by atoms with Gasteiger partial charge in [0.25, 0.3) is 0 Å². The summed E-state index contributed by atoms with van der Waals surface area (Å²) < 4.78 is 25.4. The maximum atomic E-state index is 14.7. The van der Waals surface area contributed by atoms with Gasteiger partial charge in [-0.15, -0.1) is 0 Å². The first-order valence-corrected chi connectivity index (χ1v) is 13.0. The molecular formula is C31H37FN2O4. The molecule has 2 amide bonds. The molecule has 0 aliphatic heterocycles. The van der Waals surface area contributed by atoms with Gasteiger partial charge in [0.05, 0.1) is 14.2 Å². The number of halogens is 1. The van der Waals surface area contributed by atoms with E-state index in [0.717, 1.165) is 24.0 Å². The summed E-state index contributed by atoms with van der Waals surface area (Å²) >= 11 is 0. The summed E-state index contributed by atoms with van der Waals surface area (Å²) in [5, 5.41) is 2.98. The van der Waals surface area contributed by atoms with Crippen LogP contribution in [0.25, 0.3) is 0 Å². The number of unbranched alkanes of at least 4 members (excludes halogenated alkanes) is 1. The van der Waals surface area contributed by atoms with Crippen LogP contribution in [0.4, 0.5) is 4.39 Å². The van der Waals surface area contributed by atoms with Crippen molar-refractivity contribution < 1.29 is 23.5 Å². The van der Waals surface area contributed by atoms with Gasteiger partial charge in [-0.3, -0.25) is 9.59 Å². The van der Waals surface area contributed by atoms with Gasteiger partial charge in [0.2, 0.25) is 11.8 Å². The summed E-state index contributed by atoms with van der Waals surface area (Å²) in [4.78, 5) is 28.7. The molecule has 0 radical (unpaired) electrons. The summed E-state index contributed by atoms with van der Waals surface area (Å²) in [6.07, 6.45) is 2.69. The second-order valence-corrected chi connectivity index (χ2v) is 9.15. The van der Waals surface area contributed by atoms with Crippen molar-refractivity contribution >= 4 is 11.8 Å². The number of nitrogens with one attached hydrogen (secondary N) is 1. The van der Waals surface area contributed by atoms with Crippen LogP contribution in [0.2, 0.25) is 0 Å². The van der Waals surface area contributed by atoms with E-state index in [1.54, 1.807) is 38.5 Å². The molecule has 6 nitrogen and oxygen atoms in total. The first-order valence-electron chi connectivity index (χ1n) is 13.0. The van der Waals surface area contributed by atoms with Gasteiger partial charge >= 0.3 is 0 Å². The van der Waals surface area contributed by atoms with E-state index in [1.165, 1.54) is 11.0 Å². The van der Waals surface area contributed by atoms with Crippen molar-refractivity contribution in [2.45, 2.75) is 51.6 Å². The van der Waals surface area contributed by atoms with Crippen molar-refractivity contribution in [3.63, 3.8) is 0 Å². The molecular weight excluding hydrogens is 483 g/mol. The summed E-state index contributed by atoms with van der Waals surface area (Å²) in [7, 11) is 3.13. The lowest BCUT2D eigenvalue weighted by atomic mass is 10.0. The number of aryl methyl sites for hydroxylation is 1. The molecule has 0 spiro atoms. The van der Waals surface area contributed by atoms with Crippen molar-refractivity contribution in [3.8, 4) is 11.5 Å². The first kappa shape index (κ1) is 28.7. The Labute approximate surface area is 224 Å². The Hall–Kier alpha value is -3.87. The van der Waals surface area contributed by atoms with Crippen molar-refractivity contribution in [2.75, 3.05) is 20.8 Å². The standard InChI is InChI=1S/C31H37FN2O4/c1-4-5-19-33-31(36)27(20-23-11-7-6-8-12-23)34(22-25-13-9-10-14-26(25)32)30(35)18-16-24-15-17-28(37-2)29(21-24)38-3/h6-15,17,21,27H,4-5,16,18-20,22H2,1-3H3,(H,33,36)/t27-/m1/s1.